The second-order valence-electron chi connectivity index (χ2n) is 5.80. The number of hydrogen-bond donors (Lipinski definition) is 2. The average Bonchev–Trinajstić information content (AvgIpc) is 3.12. The van der Waals surface area contributed by atoms with E-state index in [2.05, 4.69) is 20.8 Å². The van der Waals surface area contributed by atoms with Gasteiger partial charge in [-0.1, -0.05) is 28.5 Å². The number of benzene rings is 1. The first-order chi connectivity index (χ1) is 13.5. The molecule has 0 aliphatic rings. The molecule has 28 heavy (non-hydrogen) atoms. The summed E-state index contributed by atoms with van der Waals surface area (Å²) in [6.45, 7) is 1.82. The van der Waals surface area contributed by atoms with Crippen LogP contribution in [0.1, 0.15) is 32.2 Å². The highest BCUT2D eigenvalue weighted by Gasteiger charge is 2.16. The predicted octanol–water partition coefficient (Wildman–Crippen LogP) is 3.94. The van der Waals surface area contributed by atoms with Crippen LogP contribution in [0.3, 0.4) is 0 Å². The van der Waals surface area contributed by atoms with Gasteiger partial charge in [0.15, 0.2) is 0 Å². The van der Waals surface area contributed by atoms with Crippen molar-refractivity contribution in [1.82, 2.24) is 15.5 Å². The van der Waals surface area contributed by atoms with Gasteiger partial charge in [0.2, 0.25) is 0 Å². The van der Waals surface area contributed by atoms with E-state index < -0.39 is 0 Å². The second-order valence-corrected chi connectivity index (χ2v) is 7.17. The Kier molecular flexibility index (Phi) is 6.33. The van der Waals surface area contributed by atoms with Gasteiger partial charge in [-0.15, -0.1) is 0 Å². The molecule has 2 aromatic heterocycles. The zero-order valence-electron chi connectivity index (χ0n) is 15.2. The number of aryl methyl sites for hydroxylation is 1. The van der Waals surface area contributed by atoms with E-state index in [0.717, 1.165) is 11.5 Å². The lowest BCUT2D eigenvalue weighted by molar-refractivity contribution is 0.0961. The van der Waals surface area contributed by atoms with E-state index in [9.17, 15) is 9.59 Å². The third-order valence-corrected chi connectivity index (χ3v) is 5.11. The number of anilines is 1. The van der Waals surface area contributed by atoms with Crippen molar-refractivity contribution in [2.45, 2.75) is 17.7 Å². The Balaban J connectivity index is 1.77. The van der Waals surface area contributed by atoms with E-state index in [0.29, 0.717) is 27.1 Å². The van der Waals surface area contributed by atoms with E-state index in [4.69, 9.17) is 16.1 Å². The summed E-state index contributed by atoms with van der Waals surface area (Å²) in [5.74, 6) is 0.583. The van der Waals surface area contributed by atoms with Crippen molar-refractivity contribution in [3.8, 4) is 0 Å². The maximum absolute atomic E-state index is 12.8. The van der Waals surface area contributed by atoms with Crippen molar-refractivity contribution in [2.75, 3.05) is 12.4 Å². The Labute approximate surface area is 170 Å². The zero-order chi connectivity index (χ0) is 20.1. The van der Waals surface area contributed by atoms with Gasteiger partial charge in [-0.25, -0.2) is 4.98 Å². The smallest absolute Gasteiger partial charge is 0.258 e. The van der Waals surface area contributed by atoms with E-state index in [1.165, 1.54) is 24.9 Å². The number of nitrogens with one attached hydrogen (secondary N) is 2. The van der Waals surface area contributed by atoms with Crippen LogP contribution in [0.5, 0.6) is 0 Å². The van der Waals surface area contributed by atoms with Gasteiger partial charge >= 0.3 is 0 Å². The average molecular weight is 417 g/mol. The SMILES string of the molecule is CNC(=O)c1cc(NC(=O)c2cccnc2SCc2cc(C)on2)ccc1Cl. The highest BCUT2D eigenvalue weighted by molar-refractivity contribution is 7.98. The van der Waals surface area contributed by atoms with Crippen molar-refractivity contribution in [3.63, 3.8) is 0 Å². The first-order valence-corrected chi connectivity index (χ1v) is 9.67. The van der Waals surface area contributed by atoms with Crippen LogP contribution in [0.15, 0.2) is 52.1 Å². The van der Waals surface area contributed by atoms with E-state index >= 15 is 0 Å². The maximum atomic E-state index is 12.8. The van der Waals surface area contributed by atoms with E-state index in [1.807, 2.05) is 13.0 Å². The molecule has 144 valence electrons. The number of carbonyl (C=O) groups excluding carboxylic acids is 2. The molecule has 0 bridgehead atoms. The van der Waals surface area contributed by atoms with Gasteiger partial charge in [-0.3, -0.25) is 9.59 Å². The largest absolute Gasteiger partial charge is 0.361 e. The van der Waals surface area contributed by atoms with E-state index in [1.54, 1.807) is 30.5 Å². The Morgan fingerprint density at radius 3 is 2.71 bits per heavy atom. The monoisotopic (exact) mass is 416 g/mol. The number of halogens is 1. The van der Waals surface area contributed by atoms with Crippen LogP contribution < -0.4 is 10.6 Å². The number of pyridine rings is 1. The third-order valence-electron chi connectivity index (χ3n) is 3.75. The molecule has 0 spiro atoms. The second kappa shape index (κ2) is 8.90. The minimum atomic E-state index is -0.336. The van der Waals surface area contributed by atoms with Crippen molar-refractivity contribution >= 4 is 40.9 Å². The molecule has 3 aromatic rings. The molecular weight excluding hydrogens is 400 g/mol. The molecule has 7 nitrogen and oxygen atoms in total. The van der Waals surface area contributed by atoms with Crippen LogP contribution in [0, 0.1) is 6.92 Å². The van der Waals surface area contributed by atoms with Gasteiger partial charge < -0.3 is 15.2 Å². The molecule has 9 heteroatoms. The molecular formula is C19H17ClN4O3S. The Morgan fingerprint density at radius 2 is 2.00 bits per heavy atom. The molecule has 0 radical (unpaired) electrons. The number of thioether (sulfide) groups is 1. The fraction of sp³-hybridized carbons (Fsp3) is 0.158. The summed E-state index contributed by atoms with van der Waals surface area (Å²) in [4.78, 5) is 28.9. The van der Waals surface area contributed by atoms with Crippen molar-refractivity contribution in [1.29, 1.82) is 0 Å². The predicted molar refractivity (Wildman–Crippen MR) is 108 cm³/mol. The lowest BCUT2D eigenvalue weighted by Gasteiger charge is -2.10. The number of amides is 2. The number of hydrogen-bond acceptors (Lipinski definition) is 6. The summed E-state index contributed by atoms with van der Waals surface area (Å²) >= 11 is 7.44. The first kappa shape index (κ1) is 19.9. The molecule has 0 aliphatic heterocycles. The standard InChI is InChI=1S/C19H17ClN4O3S/c1-11-8-13(24-27-11)10-28-19-14(4-3-7-22-19)18(26)23-12-5-6-16(20)15(9-12)17(25)21-2/h3-9H,10H2,1-2H3,(H,21,25)(H,23,26). The summed E-state index contributed by atoms with van der Waals surface area (Å²) in [6, 6.07) is 9.94. The van der Waals surface area contributed by atoms with Crippen molar-refractivity contribution < 1.29 is 14.1 Å². The van der Waals surface area contributed by atoms with Crippen LogP contribution in [0.25, 0.3) is 0 Å². The number of nitrogens with zero attached hydrogens (tertiary/aromatic N) is 2. The molecule has 0 atom stereocenters. The summed E-state index contributed by atoms with van der Waals surface area (Å²) in [5, 5.41) is 10.1. The van der Waals surface area contributed by atoms with E-state index in [-0.39, 0.29) is 17.4 Å². The Morgan fingerprint density at radius 1 is 1.18 bits per heavy atom. The molecule has 1 aromatic carbocycles. The number of rotatable bonds is 6. The van der Waals surface area contributed by atoms with Crippen LogP contribution in [-0.2, 0) is 5.75 Å². The van der Waals surface area contributed by atoms with Gasteiger partial charge in [-0.2, -0.15) is 0 Å². The minimum Gasteiger partial charge on any atom is -0.361 e. The molecule has 0 fully saturated rings. The molecule has 2 heterocycles. The van der Waals surface area contributed by atoms with Crippen molar-refractivity contribution in [2.24, 2.45) is 0 Å². The summed E-state index contributed by atoms with van der Waals surface area (Å²) in [6.07, 6.45) is 1.62. The number of carbonyl (C=O) groups is 2. The molecule has 0 aliphatic carbocycles. The molecule has 0 saturated heterocycles. The third kappa shape index (κ3) is 4.71. The Bertz CT molecular complexity index is 1020. The number of aromatic nitrogens is 2. The quantitative estimate of drug-likeness (QED) is 0.591. The zero-order valence-corrected chi connectivity index (χ0v) is 16.7. The highest BCUT2D eigenvalue weighted by Crippen LogP contribution is 2.26. The lowest BCUT2D eigenvalue weighted by atomic mass is 10.1. The molecule has 2 amide bonds. The lowest BCUT2D eigenvalue weighted by Crippen LogP contribution is -2.19. The normalized spacial score (nSPS) is 10.5. The van der Waals surface area contributed by atoms with Gasteiger partial charge in [0.25, 0.3) is 11.8 Å². The van der Waals surface area contributed by atoms with Gasteiger partial charge in [0.1, 0.15) is 10.8 Å². The fourth-order valence-corrected chi connectivity index (χ4v) is 3.49. The summed E-state index contributed by atoms with van der Waals surface area (Å²) in [7, 11) is 1.51. The Hall–Kier alpha value is -2.84. The topological polar surface area (TPSA) is 97.1 Å². The van der Waals surface area contributed by atoms with Gasteiger partial charge in [0, 0.05) is 30.8 Å². The van der Waals surface area contributed by atoms with Crippen LogP contribution in [-0.4, -0.2) is 29.0 Å². The van der Waals surface area contributed by atoms with Crippen LogP contribution in [0.4, 0.5) is 5.69 Å². The van der Waals surface area contributed by atoms with Crippen molar-refractivity contribution in [3.05, 3.63) is 70.2 Å². The fourth-order valence-electron chi connectivity index (χ4n) is 2.42. The molecule has 0 saturated carbocycles. The highest BCUT2D eigenvalue weighted by atomic mass is 35.5. The summed E-state index contributed by atoms with van der Waals surface area (Å²) < 4.78 is 5.05. The van der Waals surface area contributed by atoms with Gasteiger partial charge in [0.05, 0.1) is 21.8 Å². The van der Waals surface area contributed by atoms with Crippen LogP contribution >= 0.6 is 23.4 Å². The minimum absolute atomic E-state index is 0.282. The summed E-state index contributed by atoms with van der Waals surface area (Å²) in [5.41, 5.74) is 1.93. The molecule has 3 rings (SSSR count). The molecule has 0 unspecified atom stereocenters. The first-order valence-electron chi connectivity index (χ1n) is 8.31. The van der Waals surface area contributed by atoms with Crippen LogP contribution in [0.2, 0.25) is 5.02 Å². The maximum Gasteiger partial charge on any atom is 0.258 e. The molecule has 2 N–H and O–H groups in total. The van der Waals surface area contributed by atoms with Gasteiger partial charge in [-0.05, 0) is 37.3 Å².